The number of fused-ring (bicyclic) bond motifs is 3. The van der Waals surface area contributed by atoms with Gasteiger partial charge in [0.2, 0.25) is 0 Å². The van der Waals surface area contributed by atoms with Crippen molar-refractivity contribution in [2.45, 2.75) is 22.6 Å². The normalized spacial score (nSPS) is 13.7. The highest BCUT2D eigenvalue weighted by molar-refractivity contribution is 8.00. The first kappa shape index (κ1) is 18.4. The summed E-state index contributed by atoms with van der Waals surface area (Å²) in [6, 6.07) is 26.2. The van der Waals surface area contributed by atoms with E-state index in [9.17, 15) is 0 Å². The van der Waals surface area contributed by atoms with E-state index in [0.717, 1.165) is 12.8 Å². The Morgan fingerprint density at radius 1 is 0.710 bits per heavy atom. The van der Waals surface area contributed by atoms with Gasteiger partial charge in [-0.25, -0.2) is 0 Å². The van der Waals surface area contributed by atoms with Gasteiger partial charge in [-0.1, -0.05) is 90.7 Å². The van der Waals surface area contributed by atoms with E-state index in [1.807, 2.05) is 24.2 Å². The summed E-state index contributed by atoms with van der Waals surface area (Å²) in [6.45, 7) is 0. The van der Waals surface area contributed by atoms with Crippen molar-refractivity contribution >= 4 is 49.7 Å². The van der Waals surface area contributed by atoms with Crippen LogP contribution in [-0.4, -0.2) is 4.98 Å². The first-order chi connectivity index (χ1) is 15.4. The molecule has 1 aliphatic carbocycles. The van der Waals surface area contributed by atoms with Crippen molar-refractivity contribution in [3.63, 3.8) is 0 Å². The summed E-state index contributed by atoms with van der Waals surface area (Å²) in [5, 5.41) is 7.71. The fourth-order valence-corrected chi connectivity index (χ4v) is 5.88. The summed E-state index contributed by atoms with van der Waals surface area (Å²) in [7, 11) is 0. The molecule has 4 aromatic carbocycles. The SMILES string of the molecule is C1=CCCC(c2c3ccccc3c(Sc3cccc4ccccc34)c3ccncc23)=C1. The van der Waals surface area contributed by atoms with Gasteiger partial charge in [0.1, 0.15) is 0 Å². The Hall–Kier alpha value is -3.36. The Kier molecular flexibility index (Phi) is 4.58. The molecular formula is C29H21NS. The zero-order valence-electron chi connectivity index (χ0n) is 17.1. The number of hydrogen-bond acceptors (Lipinski definition) is 2. The van der Waals surface area contributed by atoms with Crippen LogP contribution in [0, 0.1) is 0 Å². The molecule has 0 atom stereocenters. The van der Waals surface area contributed by atoms with E-state index in [2.05, 4.69) is 96.0 Å². The van der Waals surface area contributed by atoms with E-state index in [4.69, 9.17) is 0 Å². The van der Waals surface area contributed by atoms with Crippen molar-refractivity contribution in [1.82, 2.24) is 4.98 Å². The van der Waals surface area contributed by atoms with Crippen LogP contribution in [0.2, 0.25) is 0 Å². The van der Waals surface area contributed by atoms with Crippen molar-refractivity contribution in [2.24, 2.45) is 0 Å². The molecule has 0 spiro atoms. The summed E-state index contributed by atoms with van der Waals surface area (Å²) >= 11 is 1.87. The zero-order valence-corrected chi connectivity index (χ0v) is 17.9. The fraction of sp³-hybridized carbons (Fsp3) is 0.0690. The highest BCUT2D eigenvalue weighted by Crippen LogP contribution is 2.45. The lowest BCUT2D eigenvalue weighted by atomic mass is 9.89. The Labute approximate surface area is 186 Å². The molecule has 0 saturated heterocycles. The van der Waals surface area contributed by atoms with Gasteiger partial charge in [-0.2, -0.15) is 0 Å². The number of pyridine rings is 1. The topological polar surface area (TPSA) is 12.9 Å². The molecule has 0 fully saturated rings. The first-order valence-corrected chi connectivity index (χ1v) is 11.5. The van der Waals surface area contributed by atoms with Gasteiger partial charge in [0.15, 0.2) is 0 Å². The van der Waals surface area contributed by atoms with E-state index < -0.39 is 0 Å². The predicted octanol–water partition coefficient (Wildman–Crippen LogP) is 8.43. The van der Waals surface area contributed by atoms with Gasteiger partial charge in [-0.15, -0.1) is 0 Å². The Morgan fingerprint density at radius 2 is 1.48 bits per heavy atom. The molecule has 1 aliphatic rings. The van der Waals surface area contributed by atoms with Gasteiger partial charge < -0.3 is 0 Å². The fourth-order valence-electron chi connectivity index (χ4n) is 4.64. The van der Waals surface area contributed by atoms with Crippen LogP contribution in [0.1, 0.15) is 18.4 Å². The second-order valence-corrected chi connectivity index (χ2v) is 8.96. The summed E-state index contributed by atoms with van der Waals surface area (Å²) in [5.74, 6) is 0. The van der Waals surface area contributed by atoms with E-state index in [-0.39, 0.29) is 0 Å². The first-order valence-electron chi connectivity index (χ1n) is 10.7. The molecule has 148 valence electrons. The third kappa shape index (κ3) is 3.15. The van der Waals surface area contributed by atoms with E-state index in [1.165, 1.54) is 53.2 Å². The molecule has 0 aliphatic heterocycles. The second kappa shape index (κ2) is 7.72. The predicted molar refractivity (Wildman–Crippen MR) is 134 cm³/mol. The van der Waals surface area contributed by atoms with Crippen molar-refractivity contribution in [3.05, 3.63) is 109 Å². The summed E-state index contributed by atoms with van der Waals surface area (Å²) in [4.78, 5) is 7.11. The van der Waals surface area contributed by atoms with Crippen LogP contribution in [0.25, 0.3) is 37.9 Å². The molecule has 0 bridgehead atoms. The molecule has 0 saturated carbocycles. The van der Waals surface area contributed by atoms with Gasteiger partial charge in [-0.05, 0) is 63.0 Å². The molecule has 1 aromatic heterocycles. The highest BCUT2D eigenvalue weighted by atomic mass is 32.2. The smallest absolute Gasteiger partial charge is 0.0353 e. The number of nitrogens with zero attached hydrogens (tertiary/aromatic N) is 1. The van der Waals surface area contributed by atoms with Crippen LogP contribution in [0.5, 0.6) is 0 Å². The Morgan fingerprint density at radius 3 is 2.35 bits per heavy atom. The standard InChI is InChI=1S/C29H21NS/c1-2-10-21(11-3-1)28-23-14-6-7-15-24(23)29(25-17-18-30-19-26(25)28)31-27-16-8-12-20-9-4-5-13-22(20)27/h1-2,4-10,12-19H,3,11H2. The molecule has 0 radical (unpaired) electrons. The summed E-state index contributed by atoms with van der Waals surface area (Å²) in [6.07, 6.45) is 12.8. The quantitative estimate of drug-likeness (QED) is 0.274. The van der Waals surface area contributed by atoms with Gasteiger partial charge in [0.25, 0.3) is 0 Å². The lowest BCUT2D eigenvalue weighted by Crippen LogP contribution is -1.95. The average molecular weight is 416 g/mol. The Bertz CT molecular complexity index is 1450. The average Bonchev–Trinajstić information content (AvgIpc) is 2.85. The highest BCUT2D eigenvalue weighted by Gasteiger charge is 2.18. The Balaban J connectivity index is 1.67. The molecule has 1 heterocycles. The third-order valence-electron chi connectivity index (χ3n) is 6.07. The molecule has 1 nitrogen and oxygen atoms in total. The van der Waals surface area contributed by atoms with Crippen molar-refractivity contribution in [3.8, 4) is 0 Å². The molecule has 0 N–H and O–H groups in total. The minimum absolute atomic E-state index is 1.07. The third-order valence-corrected chi connectivity index (χ3v) is 7.29. The molecule has 2 heteroatoms. The van der Waals surface area contributed by atoms with Crippen molar-refractivity contribution in [2.75, 3.05) is 0 Å². The number of allylic oxidation sites excluding steroid dienone is 4. The molecular weight excluding hydrogens is 394 g/mol. The lowest BCUT2D eigenvalue weighted by molar-refractivity contribution is 1.06. The van der Waals surface area contributed by atoms with Gasteiger partial charge in [0, 0.05) is 27.6 Å². The van der Waals surface area contributed by atoms with Gasteiger partial charge >= 0.3 is 0 Å². The monoisotopic (exact) mass is 415 g/mol. The van der Waals surface area contributed by atoms with E-state index in [0.29, 0.717) is 0 Å². The maximum Gasteiger partial charge on any atom is 0.0353 e. The minimum atomic E-state index is 1.07. The largest absolute Gasteiger partial charge is 0.264 e. The van der Waals surface area contributed by atoms with Crippen LogP contribution in [0.4, 0.5) is 0 Å². The zero-order chi connectivity index (χ0) is 20.6. The van der Waals surface area contributed by atoms with Gasteiger partial charge in [0.05, 0.1) is 0 Å². The summed E-state index contributed by atoms with van der Waals surface area (Å²) < 4.78 is 0. The molecule has 0 unspecified atom stereocenters. The molecule has 5 aromatic rings. The van der Waals surface area contributed by atoms with Crippen molar-refractivity contribution < 1.29 is 0 Å². The lowest BCUT2D eigenvalue weighted by Gasteiger charge is -2.19. The maximum absolute atomic E-state index is 4.52. The van der Waals surface area contributed by atoms with Gasteiger partial charge in [-0.3, -0.25) is 4.98 Å². The summed E-state index contributed by atoms with van der Waals surface area (Å²) in [5.41, 5.74) is 2.74. The molecule has 31 heavy (non-hydrogen) atoms. The van der Waals surface area contributed by atoms with Crippen molar-refractivity contribution in [1.29, 1.82) is 0 Å². The number of rotatable bonds is 3. The molecule has 0 amide bonds. The van der Waals surface area contributed by atoms with E-state index >= 15 is 0 Å². The van der Waals surface area contributed by atoms with Crippen LogP contribution < -0.4 is 0 Å². The van der Waals surface area contributed by atoms with E-state index in [1.54, 1.807) is 0 Å². The second-order valence-electron chi connectivity index (χ2n) is 7.91. The van der Waals surface area contributed by atoms with Crippen LogP contribution in [-0.2, 0) is 0 Å². The maximum atomic E-state index is 4.52. The van der Waals surface area contributed by atoms with Crippen LogP contribution in [0.3, 0.4) is 0 Å². The number of hydrogen-bond donors (Lipinski definition) is 0. The van der Waals surface area contributed by atoms with Crippen LogP contribution >= 0.6 is 11.8 Å². The number of benzene rings is 4. The number of aromatic nitrogens is 1. The minimum Gasteiger partial charge on any atom is -0.264 e. The van der Waals surface area contributed by atoms with Crippen LogP contribution in [0.15, 0.2) is 113 Å². The molecule has 6 rings (SSSR count).